The van der Waals surface area contributed by atoms with Crippen LogP contribution in [0.1, 0.15) is 22.3 Å². The van der Waals surface area contributed by atoms with Crippen molar-refractivity contribution in [1.82, 2.24) is 0 Å². The molecule has 0 unspecified atom stereocenters. The Labute approximate surface area is 309 Å². The zero-order chi connectivity index (χ0) is 33.5. The number of hydrogen-bond donors (Lipinski definition) is 2. The van der Waals surface area contributed by atoms with Crippen molar-refractivity contribution in [2.45, 2.75) is 39.3 Å². The Hall–Kier alpha value is -2.16. The number of hydrogen-bond acceptors (Lipinski definition) is 4. The number of phenolic OH excluding ortho intramolecular Hbond substituents is 2. The monoisotopic (exact) mass is 842 g/mol. The summed E-state index contributed by atoms with van der Waals surface area (Å²) in [7, 11) is 0.383. The Kier molecular flexibility index (Phi) is 19.9. The van der Waals surface area contributed by atoms with E-state index >= 15 is 0 Å². The maximum atomic E-state index is 10.1. The van der Waals surface area contributed by atoms with Gasteiger partial charge in [0.25, 0.3) is 0 Å². The predicted molar refractivity (Wildman–Crippen MR) is 206 cm³/mol. The van der Waals surface area contributed by atoms with Gasteiger partial charge in [-0.15, -0.1) is 24.3 Å². The molecular formula is C36H46Br2N2O2Si2Zr. The maximum Gasteiger partial charge on any atom is 2.00 e. The molecule has 0 spiro atoms. The minimum Gasteiger partial charge on any atom is -0.507 e. The summed E-state index contributed by atoms with van der Waals surface area (Å²) in [6, 6.07) is 27.5. The fraction of sp³-hybridized carbons (Fsp3) is 0.222. The van der Waals surface area contributed by atoms with Crippen LogP contribution in [-0.2, 0) is 26.2 Å². The second kappa shape index (κ2) is 20.9. The molecule has 2 N–H and O–H groups in total. The fourth-order valence-electron chi connectivity index (χ4n) is 3.82. The van der Waals surface area contributed by atoms with Gasteiger partial charge >= 0.3 is 26.2 Å². The van der Waals surface area contributed by atoms with Crippen LogP contribution < -0.4 is 10.4 Å². The van der Waals surface area contributed by atoms with Crippen LogP contribution in [0.5, 0.6) is 11.5 Å². The molecule has 238 valence electrons. The third-order valence-corrected chi connectivity index (χ3v) is 11.0. The van der Waals surface area contributed by atoms with Crippen molar-refractivity contribution in [1.29, 1.82) is 0 Å². The van der Waals surface area contributed by atoms with Crippen LogP contribution in [0.15, 0.2) is 104 Å². The van der Waals surface area contributed by atoms with Gasteiger partial charge < -0.3 is 10.2 Å². The molecule has 45 heavy (non-hydrogen) atoms. The molecule has 4 rings (SSSR count). The number of phenols is 2. The standard InChI is InChI=1S/2C11H16BrNOSi.2C7H7.Zr/c2*1-13-7-8-5-9(12)6-10(11(8)14)15(2,3)4;2*1-7-5-3-2-4-6-7;/h2*5-7,14H,1-4H3;2*2-6H,1H2;/q;;2*-1;+2. The van der Waals surface area contributed by atoms with Crippen molar-refractivity contribution in [2.75, 3.05) is 14.1 Å². The van der Waals surface area contributed by atoms with Gasteiger partial charge in [-0.25, -0.2) is 0 Å². The van der Waals surface area contributed by atoms with Gasteiger partial charge in [0.15, 0.2) is 0 Å². The molecule has 0 bridgehead atoms. The minimum absolute atomic E-state index is 0. The number of halogens is 2. The van der Waals surface area contributed by atoms with Gasteiger partial charge in [-0.1, -0.05) is 83.3 Å². The summed E-state index contributed by atoms with van der Waals surface area (Å²) in [5.74, 6) is 0.755. The third kappa shape index (κ3) is 16.3. The quantitative estimate of drug-likeness (QED) is 0.122. The van der Waals surface area contributed by atoms with Crippen molar-refractivity contribution in [3.8, 4) is 11.5 Å². The van der Waals surface area contributed by atoms with Crippen LogP contribution in [0.4, 0.5) is 0 Å². The van der Waals surface area contributed by atoms with E-state index in [2.05, 4.69) is 95.0 Å². The van der Waals surface area contributed by atoms with Gasteiger partial charge in [-0.05, 0) is 34.6 Å². The zero-order valence-electron chi connectivity index (χ0n) is 27.7. The van der Waals surface area contributed by atoms with Crippen LogP contribution in [0.2, 0.25) is 39.3 Å². The molecule has 0 saturated heterocycles. The molecule has 0 fully saturated rings. The van der Waals surface area contributed by atoms with E-state index in [0.717, 1.165) is 41.6 Å². The first kappa shape index (κ1) is 42.8. The number of rotatable bonds is 4. The van der Waals surface area contributed by atoms with E-state index < -0.39 is 16.1 Å². The van der Waals surface area contributed by atoms with Crippen LogP contribution in [-0.4, -0.2) is 52.9 Å². The zero-order valence-corrected chi connectivity index (χ0v) is 35.3. The van der Waals surface area contributed by atoms with Crippen LogP contribution in [0.25, 0.3) is 0 Å². The van der Waals surface area contributed by atoms with Crippen LogP contribution in [0, 0.1) is 13.8 Å². The van der Waals surface area contributed by atoms with Crippen molar-refractivity contribution in [3.63, 3.8) is 0 Å². The summed E-state index contributed by atoms with van der Waals surface area (Å²) in [5, 5.41) is 22.3. The first-order valence-corrected chi connectivity index (χ1v) is 22.7. The van der Waals surface area contributed by atoms with E-state index in [0.29, 0.717) is 11.5 Å². The van der Waals surface area contributed by atoms with E-state index in [1.54, 1.807) is 26.5 Å². The number of nitrogens with zero attached hydrogens (tertiary/aromatic N) is 2. The van der Waals surface area contributed by atoms with Crippen molar-refractivity contribution >= 4 is 70.8 Å². The van der Waals surface area contributed by atoms with Gasteiger partial charge in [-0.3, -0.25) is 9.98 Å². The van der Waals surface area contributed by atoms with Gasteiger partial charge in [0, 0.05) is 46.6 Å². The average molecular weight is 846 g/mol. The van der Waals surface area contributed by atoms with Crippen molar-refractivity contribution < 1.29 is 36.4 Å². The van der Waals surface area contributed by atoms with E-state index in [4.69, 9.17) is 0 Å². The summed E-state index contributed by atoms with van der Waals surface area (Å²) in [6.45, 7) is 20.7. The predicted octanol–water partition coefficient (Wildman–Crippen LogP) is 9.23. The largest absolute Gasteiger partial charge is 2.00 e. The molecule has 0 amide bonds. The Morgan fingerprint density at radius 1 is 0.578 bits per heavy atom. The van der Waals surface area contributed by atoms with Gasteiger partial charge in [0.2, 0.25) is 0 Å². The Balaban J connectivity index is 0.000000602. The van der Waals surface area contributed by atoms with E-state index in [-0.39, 0.29) is 26.2 Å². The Morgan fingerprint density at radius 2 is 0.867 bits per heavy atom. The molecule has 0 aromatic heterocycles. The van der Waals surface area contributed by atoms with Crippen molar-refractivity contribution in [3.05, 3.63) is 130 Å². The third-order valence-electron chi connectivity index (χ3n) is 6.05. The molecule has 4 nitrogen and oxygen atoms in total. The normalized spacial score (nSPS) is 10.9. The fourth-order valence-corrected chi connectivity index (χ4v) is 8.08. The number of benzene rings is 4. The molecular weight excluding hydrogens is 800 g/mol. The molecule has 0 aliphatic rings. The van der Waals surface area contributed by atoms with Crippen LogP contribution >= 0.6 is 31.9 Å². The maximum absolute atomic E-state index is 10.1. The first-order valence-electron chi connectivity index (χ1n) is 14.2. The number of aromatic hydroxyl groups is 2. The van der Waals surface area contributed by atoms with Crippen LogP contribution in [0.3, 0.4) is 0 Å². The molecule has 9 heteroatoms. The molecule has 4 aromatic carbocycles. The Morgan fingerprint density at radius 3 is 1.07 bits per heavy atom. The summed E-state index contributed by atoms with van der Waals surface area (Å²) in [6.07, 6.45) is 3.37. The molecule has 0 atom stereocenters. The second-order valence-corrected chi connectivity index (χ2v) is 23.9. The SMILES string of the molecule is CN=Cc1cc(Br)cc([Si](C)(C)C)c1O.CN=Cc1cc(Br)cc([Si](C)(C)C)c1O.[CH2-]c1ccccc1.[CH2-]c1ccccc1.[Zr+2]. The molecule has 0 aliphatic carbocycles. The molecule has 0 heterocycles. The topological polar surface area (TPSA) is 65.2 Å². The number of aliphatic imine (C=N–C) groups is 2. The smallest absolute Gasteiger partial charge is 0.507 e. The van der Waals surface area contributed by atoms with E-state index in [9.17, 15) is 10.2 Å². The van der Waals surface area contributed by atoms with E-state index in [1.807, 2.05) is 84.9 Å². The second-order valence-electron chi connectivity index (χ2n) is 12.0. The van der Waals surface area contributed by atoms with Gasteiger partial charge in [0.1, 0.15) is 11.5 Å². The molecule has 0 aliphatic heterocycles. The van der Waals surface area contributed by atoms with E-state index in [1.165, 1.54) is 0 Å². The average Bonchev–Trinajstić information content (AvgIpc) is 2.93. The Bertz CT molecular complexity index is 1390. The molecule has 4 aromatic rings. The summed E-state index contributed by atoms with van der Waals surface area (Å²) in [4.78, 5) is 7.88. The minimum atomic E-state index is -1.51. The first-order chi connectivity index (χ1) is 20.5. The molecule has 0 saturated carbocycles. The summed E-state index contributed by atoms with van der Waals surface area (Å²) >= 11 is 6.92. The summed E-state index contributed by atoms with van der Waals surface area (Å²) < 4.78 is 1.99. The van der Waals surface area contributed by atoms with Gasteiger partial charge in [-0.2, -0.15) is 49.2 Å². The van der Waals surface area contributed by atoms with Crippen molar-refractivity contribution in [2.24, 2.45) is 9.98 Å². The summed E-state index contributed by atoms with van der Waals surface area (Å²) in [5.41, 5.74) is 3.71. The molecule has 0 radical (unpaired) electrons. The van der Waals surface area contributed by atoms with Gasteiger partial charge in [0.05, 0.1) is 16.1 Å².